The van der Waals surface area contributed by atoms with Crippen molar-refractivity contribution in [2.45, 2.75) is 5.32 Å². The molecule has 4 nitrogen and oxygen atoms in total. The molecule has 0 rings (SSSR count). The van der Waals surface area contributed by atoms with Crippen LogP contribution in [0.5, 0.6) is 0 Å². The summed E-state index contributed by atoms with van der Waals surface area (Å²) in [4.78, 5) is 9.45. The van der Waals surface area contributed by atoms with Crippen LogP contribution in [0.3, 0.4) is 0 Å². The minimum atomic E-state index is -3.38. The number of carbonyl (C=O) groups is 1. The Morgan fingerprint density at radius 2 is 2.00 bits per heavy atom. The van der Waals surface area contributed by atoms with E-state index >= 15 is 0 Å². The van der Waals surface area contributed by atoms with E-state index in [1.54, 1.807) is 0 Å². The summed E-state index contributed by atoms with van der Waals surface area (Å²) in [5.41, 5.74) is 0. The van der Waals surface area contributed by atoms with Gasteiger partial charge >= 0.3 is 42.6 Å². The molecular weight excluding hydrogens is 167 g/mol. The van der Waals surface area contributed by atoms with Gasteiger partial charge in [0, 0.05) is 0 Å². The van der Waals surface area contributed by atoms with E-state index in [-0.39, 0.29) is 0 Å². The summed E-state index contributed by atoms with van der Waals surface area (Å²) >= 11 is -3.38. The van der Waals surface area contributed by atoms with Gasteiger partial charge < -0.3 is 0 Å². The first-order chi connectivity index (χ1) is 3.13. The first-order valence-corrected chi connectivity index (χ1v) is 4.32. The van der Waals surface area contributed by atoms with Gasteiger partial charge in [0.2, 0.25) is 0 Å². The van der Waals surface area contributed by atoms with Crippen molar-refractivity contribution in [2.24, 2.45) is 0 Å². The average molecular weight is 171 g/mol. The van der Waals surface area contributed by atoms with E-state index in [1.165, 1.54) is 0 Å². The molecule has 0 aliphatic rings. The molecule has 0 amide bonds. The number of carboxylic acid groups (broad SMARTS) is 1. The monoisotopic (exact) mass is 172 g/mol. The molecule has 0 aromatic carbocycles. The second-order valence-corrected chi connectivity index (χ2v) is 2.94. The van der Waals surface area contributed by atoms with Crippen LogP contribution in [-0.2, 0) is 12.5 Å². The third-order valence-corrected chi connectivity index (χ3v) is 1.37. The van der Waals surface area contributed by atoms with Gasteiger partial charge in [0.15, 0.2) is 0 Å². The number of rotatable bonds is 2. The molecule has 0 aromatic heterocycles. The zero-order valence-electron chi connectivity index (χ0n) is 3.33. The van der Waals surface area contributed by atoms with Gasteiger partial charge in [0.25, 0.3) is 0 Å². The van der Waals surface area contributed by atoms with Gasteiger partial charge in [-0.3, -0.25) is 0 Å². The van der Waals surface area contributed by atoms with Gasteiger partial charge in [0.05, 0.1) is 0 Å². The van der Waals surface area contributed by atoms with Crippen LogP contribution in [0.25, 0.3) is 0 Å². The summed E-state index contributed by atoms with van der Waals surface area (Å²) < 4.78 is 19.1. The van der Waals surface area contributed by atoms with Crippen LogP contribution in [-0.4, -0.2) is 24.8 Å². The van der Waals surface area contributed by atoms with Crippen LogP contribution in [0.4, 0.5) is 0 Å². The Kier molecular flexibility index (Phi) is 2.55. The molecule has 0 aliphatic heterocycles. The number of aliphatic carboxylic acids is 1. The molecule has 0 saturated carbocycles. The van der Waals surface area contributed by atoms with E-state index in [9.17, 15) is 12.5 Å². The van der Waals surface area contributed by atoms with Gasteiger partial charge in [0.1, 0.15) is 0 Å². The van der Waals surface area contributed by atoms with Crippen LogP contribution in [0.2, 0.25) is 5.32 Å². The fourth-order valence-corrected chi connectivity index (χ4v) is 0.574. The Labute approximate surface area is 43.4 Å². The molecule has 0 bridgehead atoms. The van der Waals surface area contributed by atoms with Crippen molar-refractivity contribution >= 4 is 19.7 Å². The molecule has 0 spiro atoms. The zero-order valence-corrected chi connectivity index (χ0v) is 5.20. The quantitative estimate of drug-likeness (QED) is 0.549. The predicted molar refractivity (Wildman–Crippen MR) is 21.0 cm³/mol. The molecule has 5 heteroatoms. The molecule has 0 unspecified atom stereocenters. The van der Waals surface area contributed by atoms with Crippen LogP contribution in [0.1, 0.15) is 0 Å². The molecule has 0 fully saturated rings. The summed E-state index contributed by atoms with van der Waals surface area (Å²) in [6, 6.07) is 0. The Morgan fingerprint density at radius 3 is 2.00 bits per heavy atom. The molecule has 0 aliphatic carbocycles. The molecule has 0 heterocycles. The Balaban J connectivity index is 3.53. The first-order valence-electron chi connectivity index (χ1n) is 1.46. The van der Waals surface area contributed by atoms with Gasteiger partial charge in [-0.25, -0.2) is 0 Å². The molecule has 1 N–H and O–H groups in total. The van der Waals surface area contributed by atoms with E-state index < -0.39 is 25.1 Å². The maximum atomic E-state index is 9.55. The molecule has 0 aromatic rings. The van der Waals surface area contributed by atoms with E-state index in [1.807, 2.05) is 0 Å². The third-order valence-electron chi connectivity index (χ3n) is 0.264. The molecule has 0 radical (unpaired) electrons. The summed E-state index contributed by atoms with van der Waals surface area (Å²) in [6.07, 6.45) is 0. The molecule has 7 heavy (non-hydrogen) atoms. The van der Waals surface area contributed by atoms with Gasteiger partial charge in [-0.1, -0.05) is 0 Å². The average Bonchev–Trinajstić information content (AvgIpc) is 1.27. The van der Waals surface area contributed by atoms with Crippen molar-refractivity contribution in [1.82, 2.24) is 0 Å². The van der Waals surface area contributed by atoms with E-state index in [0.717, 1.165) is 0 Å². The van der Waals surface area contributed by atoms with Crippen LogP contribution < -0.4 is 0 Å². The topological polar surface area (TPSA) is 71.4 Å². The van der Waals surface area contributed by atoms with Crippen molar-refractivity contribution in [2.75, 3.05) is 0 Å². The fourth-order valence-electron chi connectivity index (χ4n) is 0.110. The Bertz CT molecular complexity index is 127. The van der Waals surface area contributed by atoms with Crippen LogP contribution >= 0.6 is 0 Å². The van der Waals surface area contributed by atoms with Crippen LogP contribution in [0.15, 0.2) is 0 Å². The third kappa shape index (κ3) is 5.59. The van der Waals surface area contributed by atoms with Gasteiger partial charge in [-0.2, -0.15) is 0 Å². The summed E-state index contributed by atoms with van der Waals surface area (Å²) in [7, 11) is 0. The standard InChI is InChI=1S/C2H4O4Se/c3-2(4)1-7(5)6/h7H,1H2,(H,3,4). The summed E-state index contributed by atoms with van der Waals surface area (Å²) in [5.74, 6) is -1.27. The van der Waals surface area contributed by atoms with E-state index in [4.69, 9.17) is 5.11 Å². The second-order valence-electron chi connectivity index (χ2n) is 0.885. The van der Waals surface area contributed by atoms with Crippen molar-refractivity contribution in [3.05, 3.63) is 0 Å². The Hall–Kier alpha value is -0.411. The minimum absolute atomic E-state index is 0.688. The fraction of sp³-hybridized carbons (Fsp3) is 0.500. The maximum absolute atomic E-state index is 9.55. The molecular formula is C2H4O4Se. The van der Waals surface area contributed by atoms with Crippen molar-refractivity contribution in [3.8, 4) is 0 Å². The molecule has 42 valence electrons. The van der Waals surface area contributed by atoms with E-state index in [0.29, 0.717) is 0 Å². The zero-order chi connectivity index (χ0) is 5.86. The number of hydrogen-bond donors (Lipinski definition) is 1. The normalized spacial score (nSPS) is 9.29. The Morgan fingerprint density at radius 1 is 1.57 bits per heavy atom. The van der Waals surface area contributed by atoms with Crippen molar-refractivity contribution in [3.63, 3.8) is 0 Å². The first kappa shape index (κ1) is 6.59. The SMILES string of the molecule is O=C(O)C[SeH](=O)=O. The second kappa shape index (κ2) is 2.71. The number of hydrogen-bond acceptors (Lipinski definition) is 3. The molecule has 0 saturated heterocycles. The summed E-state index contributed by atoms with van der Waals surface area (Å²) in [5, 5.41) is 7.03. The number of carboxylic acids is 1. The van der Waals surface area contributed by atoms with Gasteiger partial charge in [-0.15, -0.1) is 0 Å². The van der Waals surface area contributed by atoms with Crippen LogP contribution in [0, 0.1) is 0 Å². The van der Waals surface area contributed by atoms with Gasteiger partial charge in [-0.05, 0) is 0 Å². The van der Waals surface area contributed by atoms with Crippen molar-refractivity contribution < 1.29 is 17.6 Å². The predicted octanol–water partition coefficient (Wildman–Crippen LogP) is -0.847. The summed E-state index contributed by atoms with van der Waals surface area (Å²) in [6.45, 7) is 0. The van der Waals surface area contributed by atoms with E-state index in [2.05, 4.69) is 0 Å². The molecule has 0 atom stereocenters. The van der Waals surface area contributed by atoms with Crippen molar-refractivity contribution in [1.29, 1.82) is 0 Å².